The van der Waals surface area contributed by atoms with E-state index in [1.54, 1.807) is 6.07 Å². The van der Waals surface area contributed by atoms with Crippen LogP contribution in [0.15, 0.2) is 54.6 Å². The maximum atomic E-state index is 12.8. The fourth-order valence-corrected chi connectivity index (χ4v) is 3.68. The van der Waals surface area contributed by atoms with Gasteiger partial charge in [-0.25, -0.2) is 0 Å². The van der Waals surface area contributed by atoms with E-state index in [0.717, 1.165) is 41.2 Å². The number of carbonyl (C=O) groups is 2. The minimum absolute atomic E-state index is 0.0822. The topological polar surface area (TPSA) is 63.1 Å². The van der Waals surface area contributed by atoms with E-state index in [2.05, 4.69) is 15.2 Å². The zero-order valence-electron chi connectivity index (χ0n) is 17.0. The summed E-state index contributed by atoms with van der Waals surface area (Å²) in [7, 11) is 0. The number of nitrogens with zero attached hydrogens (tertiary/aromatic N) is 1. The SMILES string of the molecule is Cc1ccc(C)n1-c1ccc(Cl)c(C(=O)NCc2ccc(NC(=O)C3CC3)cc2)c1. The molecule has 1 saturated carbocycles. The summed E-state index contributed by atoms with van der Waals surface area (Å²) in [5.41, 5.74) is 5.24. The molecule has 1 aromatic heterocycles. The molecule has 1 aliphatic carbocycles. The summed E-state index contributed by atoms with van der Waals surface area (Å²) in [5, 5.41) is 6.25. The number of nitrogens with one attached hydrogen (secondary N) is 2. The Labute approximate surface area is 181 Å². The first-order valence-electron chi connectivity index (χ1n) is 10.1. The second-order valence-electron chi connectivity index (χ2n) is 7.76. The fraction of sp³-hybridized carbons (Fsp3) is 0.250. The number of carbonyl (C=O) groups excluding carboxylic acids is 2. The molecule has 2 amide bonds. The number of aromatic nitrogens is 1. The Morgan fingerprint density at radius 3 is 2.30 bits per heavy atom. The molecule has 0 spiro atoms. The highest BCUT2D eigenvalue weighted by Crippen LogP contribution is 2.30. The summed E-state index contributed by atoms with van der Waals surface area (Å²) in [4.78, 5) is 24.6. The molecular weight excluding hydrogens is 398 g/mol. The highest BCUT2D eigenvalue weighted by Gasteiger charge is 2.29. The van der Waals surface area contributed by atoms with Gasteiger partial charge in [-0.2, -0.15) is 0 Å². The minimum Gasteiger partial charge on any atom is -0.348 e. The van der Waals surface area contributed by atoms with Gasteiger partial charge in [-0.15, -0.1) is 0 Å². The normalized spacial score (nSPS) is 13.2. The molecule has 2 N–H and O–H groups in total. The van der Waals surface area contributed by atoms with Gasteiger partial charge in [0.15, 0.2) is 0 Å². The number of anilines is 1. The third-order valence-corrected chi connectivity index (χ3v) is 5.68. The van der Waals surface area contributed by atoms with Crippen molar-refractivity contribution in [3.8, 4) is 5.69 Å². The molecular formula is C24H24ClN3O2. The van der Waals surface area contributed by atoms with E-state index in [0.29, 0.717) is 17.1 Å². The molecule has 0 bridgehead atoms. The third-order valence-electron chi connectivity index (χ3n) is 5.35. The number of hydrogen-bond donors (Lipinski definition) is 2. The van der Waals surface area contributed by atoms with Crippen molar-refractivity contribution in [2.45, 2.75) is 33.2 Å². The van der Waals surface area contributed by atoms with Gasteiger partial charge in [0.1, 0.15) is 0 Å². The largest absolute Gasteiger partial charge is 0.348 e. The molecule has 0 unspecified atom stereocenters. The van der Waals surface area contributed by atoms with Gasteiger partial charge in [0.2, 0.25) is 5.91 Å². The van der Waals surface area contributed by atoms with Crippen molar-refractivity contribution in [3.63, 3.8) is 0 Å². The van der Waals surface area contributed by atoms with E-state index in [9.17, 15) is 9.59 Å². The van der Waals surface area contributed by atoms with Crippen LogP contribution < -0.4 is 10.6 Å². The maximum Gasteiger partial charge on any atom is 0.253 e. The first kappa shape index (κ1) is 20.2. The van der Waals surface area contributed by atoms with E-state index < -0.39 is 0 Å². The Kier molecular flexibility index (Phi) is 5.64. The summed E-state index contributed by atoms with van der Waals surface area (Å²) in [6.07, 6.45) is 1.95. The molecule has 1 aliphatic rings. The van der Waals surface area contributed by atoms with Crippen molar-refractivity contribution >= 4 is 29.1 Å². The standard InChI is InChI=1S/C24H24ClN3O2/c1-15-3-4-16(2)28(15)20-11-12-22(25)21(13-20)24(30)26-14-17-5-9-19(10-6-17)27-23(29)18-7-8-18/h3-6,9-13,18H,7-8,14H2,1-2H3,(H,26,30)(H,27,29). The monoisotopic (exact) mass is 421 g/mol. The maximum absolute atomic E-state index is 12.8. The minimum atomic E-state index is -0.226. The van der Waals surface area contributed by atoms with Gasteiger partial charge in [0.05, 0.1) is 10.6 Å². The average Bonchev–Trinajstić information content (AvgIpc) is 3.53. The summed E-state index contributed by atoms with van der Waals surface area (Å²) < 4.78 is 2.09. The molecule has 4 rings (SSSR count). The Bertz CT molecular complexity index is 1080. The second-order valence-corrected chi connectivity index (χ2v) is 8.17. The van der Waals surface area contributed by atoms with Crippen LogP contribution in [0.2, 0.25) is 5.02 Å². The van der Waals surface area contributed by atoms with Crippen LogP contribution >= 0.6 is 11.6 Å². The number of amides is 2. The number of rotatable bonds is 6. The van der Waals surface area contributed by atoms with Crippen molar-refractivity contribution in [2.75, 3.05) is 5.32 Å². The summed E-state index contributed by atoms with van der Waals surface area (Å²) in [6.45, 7) is 4.42. The van der Waals surface area contributed by atoms with E-state index >= 15 is 0 Å². The van der Waals surface area contributed by atoms with Gasteiger partial charge in [0.25, 0.3) is 5.91 Å². The van der Waals surface area contributed by atoms with Crippen molar-refractivity contribution in [3.05, 3.63) is 82.1 Å². The second kappa shape index (κ2) is 8.36. The van der Waals surface area contributed by atoms with Gasteiger partial charge in [-0.1, -0.05) is 23.7 Å². The molecule has 1 heterocycles. The zero-order valence-corrected chi connectivity index (χ0v) is 17.8. The Balaban J connectivity index is 1.42. The first-order valence-corrected chi connectivity index (χ1v) is 10.4. The van der Waals surface area contributed by atoms with Crippen LogP contribution in [0.1, 0.15) is 40.2 Å². The van der Waals surface area contributed by atoms with Gasteiger partial charge >= 0.3 is 0 Å². The molecule has 3 aromatic rings. The van der Waals surface area contributed by atoms with Gasteiger partial charge in [0, 0.05) is 35.2 Å². The number of hydrogen-bond acceptors (Lipinski definition) is 2. The molecule has 2 aromatic carbocycles. The number of halogens is 1. The van der Waals surface area contributed by atoms with Crippen LogP contribution in [0.4, 0.5) is 5.69 Å². The Morgan fingerprint density at radius 2 is 1.67 bits per heavy atom. The Hall–Kier alpha value is -3.05. The van der Waals surface area contributed by atoms with Gasteiger partial charge in [-0.05, 0) is 74.7 Å². The average molecular weight is 422 g/mol. The van der Waals surface area contributed by atoms with Crippen LogP contribution in [0.25, 0.3) is 5.69 Å². The molecule has 30 heavy (non-hydrogen) atoms. The van der Waals surface area contributed by atoms with Gasteiger partial charge in [-0.3, -0.25) is 9.59 Å². The lowest BCUT2D eigenvalue weighted by Gasteiger charge is -2.13. The number of aryl methyl sites for hydroxylation is 2. The highest BCUT2D eigenvalue weighted by atomic mass is 35.5. The van der Waals surface area contributed by atoms with Crippen molar-refractivity contribution in [1.82, 2.24) is 9.88 Å². The summed E-state index contributed by atoms with van der Waals surface area (Å²) in [5.74, 6) is 0.0257. The summed E-state index contributed by atoms with van der Waals surface area (Å²) >= 11 is 6.30. The molecule has 0 atom stereocenters. The quantitative estimate of drug-likeness (QED) is 0.586. The Morgan fingerprint density at radius 1 is 1.00 bits per heavy atom. The van der Waals surface area contributed by atoms with Crippen molar-refractivity contribution in [1.29, 1.82) is 0 Å². The third kappa shape index (κ3) is 4.41. The van der Waals surface area contributed by atoms with Crippen molar-refractivity contribution < 1.29 is 9.59 Å². The predicted octanol–water partition coefficient (Wildman–Crippen LogP) is 5.03. The van der Waals surface area contributed by atoms with Gasteiger partial charge < -0.3 is 15.2 Å². The van der Waals surface area contributed by atoms with Crippen molar-refractivity contribution in [2.24, 2.45) is 5.92 Å². The molecule has 5 nitrogen and oxygen atoms in total. The van der Waals surface area contributed by atoms with Crippen LogP contribution in [-0.4, -0.2) is 16.4 Å². The van der Waals surface area contributed by atoms with E-state index in [-0.39, 0.29) is 17.7 Å². The van der Waals surface area contributed by atoms with Crippen LogP contribution in [0.3, 0.4) is 0 Å². The fourth-order valence-electron chi connectivity index (χ4n) is 3.48. The zero-order chi connectivity index (χ0) is 21.3. The molecule has 154 valence electrons. The predicted molar refractivity (Wildman–Crippen MR) is 119 cm³/mol. The molecule has 0 radical (unpaired) electrons. The lowest BCUT2D eigenvalue weighted by Crippen LogP contribution is -2.23. The molecule has 0 aliphatic heterocycles. The summed E-state index contributed by atoms with van der Waals surface area (Å²) in [6, 6.07) is 17.1. The lowest BCUT2D eigenvalue weighted by atomic mass is 10.1. The molecule has 1 fully saturated rings. The molecule has 0 saturated heterocycles. The molecule has 6 heteroatoms. The van der Waals surface area contributed by atoms with Crippen LogP contribution in [0, 0.1) is 19.8 Å². The van der Waals surface area contributed by atoms with Crippen LogP contribution in [-0.2, 0) is 11.3 Å². The van der Waals surface area contributed by atoms with Crippen LogP contribution in [0.5, 0.6) is 0 Å². The lowest BCUT2D eigenvalue weighted by molar-refractivity contribution is -0.117. The van der Waals surface area contributed by atoms with E-state index in [4.69, 9.17) is 11.6 Å². The highest BCUT2D eigenvalue weighted by molar-refractivity contribution is 6.33. The first-order chi connectivity index (χ1) is 14.4. The number of benzene rings is 2. The smallest absolute Gasteiger partial charge is 0.253 e. The van der Waals surface area contributed by atoms with E-state index in [1.807, 2.05) is 62.4 Å². The van der Waals surface area contributed by atoms with E-state index in [1.165, 1.54) is 0 Å².